The summed E-state index contributed by atoms with van der Waals surface area (Å²) in [4.78, 5) is 10.7. The third-order valence-electron chi connectivity index (χ3n) is 1.23. The molecule has 3 heteroatoms. The van der Waals surface area contributed by atoms with Gasteiger partial charge in [-0.3, -0.25) is 5.32 Å². The van der Waals surface area contributed by atoms with Crippen LogP contribution in [-0.2, 0) is 9.53 Å². The van der Waals surface area contributed by atoms with E-state index in [1.165, 1.54) is 6.08 Å². The fourth-order valence-corrected chi connectivity index (χ4v) is 0.685. The Kier molecular flexibility index (Phi) is 5.47. The maximum atomic E-state index is 10.7. The molecule has 0 aliphatic rings. The van der Waals surface area contributed by atoms with Crippen molar-refractivity contribution in [2.45, 2.75) is 26.5 Å². The van der Waals surface area contributed by atoms with Gasteiger partial charge in [0.05, 0.1) is 0 Å². The lowest BCUT2D eigenvalue weighted by Crippen LogP contribution is -2.32. The van der Waals surface area contributed by atoms with E-state index in [-0.39, 0.29) is 12.2 Å². The van der Waals surface area contributed by atoms with Crippen molar-refractivity contribution in [3.63, 3.8) is 0 Å². The number of hydrogen-bond acceptors (Lipinski definition) is 3. The zero-order valence-corrected chi connectivity index (χ0v) is 7.09. The summed E-state index contributed by atoms with van der Waals surface area (Å²) in [6, 6.07) is 0. The van der Waals surface area contributed by atoms with Crippen molar-refractivity contribution in [1.82, 2.24) is 5.32 Å². The largest absolute Gasteiger partial charge is 0.443 e. The van der Waals surface area contributed by atoms with Gasteiger partial charge in [0, 0.05) is 6.08 Å². The lowest BCUT2D eigenvalue weighted by Gasteiger charge is -2.14. The van der Waals surface area contributed by atoms with Crippen molar-refractivity contribution < 1.29 is 9.53 Å². The van der Waals surface area contributed by atoms with Crippen molar-refractivity contribution in [2.75, 3.05) is 6.54 Å². The smallest absolute Gasteiger partial charge is 0.331 e. The summed E-state index contributed by atoms with van der Waals surface area (Å²) >= 11 is 0. The molecule has 0 saturated carbocycles. The van der Waals surface area contributed by atoms with E-state index >= 15 is 0 Å². The van der Waals surface area contributed by atoms with Crippen LogP contribution in [0.5, 0.6) is 0 Å². The van der Waals surface area contributed by atoms with Gasteiger partial charge < -0.3 is 4.74 Å². The topological polar surface area (TPSA) is 38.3 Å². The molecule has 1 N–H and O–H groups in total. The Morgan fingerprint density at radius 1 is 1.73 bits per heavy atom. The van der Waals surface area contributed by atoms with Gasteiger partial charge >= 0.3 is 5.97 Å². The van der Waals surface area contributed by atoms with Gasteiger partial charge in [0.2, 0.25) is 0 Å². The van der Waals surface area contributed by atoms with E-state index in [0.717, 1.165) is 13.0 Å². The highest BCUT2D eigenvalue weighted by atomic mass is 16.6. The van der Waals surface area contributed by atoms with Crippen LogP contribution in [0.25, 0.3) is 0 Å². The predicted molar refractivity (Wildman–Crippen MR) is 44.0 cm³/mol. The molecule has 64 valence electrons. The maximum absolute atomic E-state index is 10.7. The van der Waals surface area contributed by atoms with Gasteiger partial charge in [0.25, 0.3) is 0 Å². The molecule has 0 aromatic rings. The van der Waals surface area contributed by atoms with Crippen LogP contribution in [0.3, 0.4) is 0 Å². The quantitative estimate of drug-likeness (QED) is 0.368. The van der Waals surface area contributed by atoms with E-state index in [4.69, 9.17) is 4.74 Å². The van der Waals surface area contributed by atoms with Gasteiger partial charge in [-0.05, 0) is 13.0 Å². The Bertz CT molecular complexity index is 134. The Morgan fingerprint density at radius 2 is 2.36 bits per heavy atom. The minimum atomic E-state index is -0.377. The first-order valence-corrected chi connectivity index (χ1v) is 3.81. The number of esters is 1. The van der Waals surface area contributed by atoms with Crippen LogP contribution in [-0.4, -0.2) is 18.7 Å². The Balaban J connectivity index is 3.67. The number of carbonyl (C=O) groups excluding carboxylic acids is 1. The number of rotatable bonds is 5. The molecule has 1 atom stereocenters. The van der Waals surface area contributed by atoms with Crippen molar-refractivity contribution in [2.24, 2.45) is 0 Å². The van der Waals surface area contributed by atoms with Crippen LogP contribution in [0.15, 0.2) is 12.7 Å². The number of ether oxygens (including phenoxy) is 1. The summed E-state index contributed by atoms with van der Waals surface area (Å²) in [5.41, 5.74) is 0. The fourth-order valence-electron chi connectivity index (χ4n) is 0.685. The van der Waals surface area contributed by atoms with Gasteiger partial charge in [0.1, 0.15) is 0 Å². The summed E-state index contributed by atoms with van der Waals surface area (Å²) in [5, 5.41) is 3.01. The minimum absolute atomic E-state index is 0.175. The molecule has 0 aromatic heterocycles. The van der Waals surface area contributed by atoms with Gasteiger partial charge in [-0.15, -0.1) is 0 Å². The molecule has 0 aromatic carbocycles. The maximum Gasteiger partial charge on any atom is 0.331 e. The van der Waals surface area contributed by atoms with Crippen molar-refractivity contribution in [3.05, 3.63) is 12.7 Å². The minimum Gasteiger partial charge on any atom is -0.443 e. The first-order valence-electron chi connectivity index (χ1n) is 3.81. The van der Waals surface area contributed by atoms with Gasteiger partial charge in [0.15, 0.2) is 6.23 Å². The molecular formula is C8H15NO2. The molecule has 0 bridgehead atoms. The second-order valence-corrected chi connectivity index (χ2v) is 2.10. The average molecular weight is 157 g/mol. The SMILES string of the molecule is C=CC(=O)OC(CC)NCC. The normalized spacial score (nSPS) is 12.2. The van der Waals surface area contributed by atoms with Gasteiger partial charge in [-0.2, -0.15) is 0 Å². The number of hydrogen-bond donors (Lipinski definition) is 1. The highest BCUT2D eigenvalue weighted by molar-refractivity contribution is 5.81. The molecule has 0 rings (SSSR count). The summed E-state index contributed by atoms with van der Waals surface area (Å²) in [5.74, 6) is -0.377. The Labute approximate surface area is 67.4 Å². The second-order valence-electron chi connectivity index (χ2n) is 2.10. The van der Waals surface area contributed by atoms with Crippen molar-refractivity contribution >= 4 is 5.97 Å². The van der Waals surface area contributed by atoms with Gasteiger partial charge in [-0.25, -0.2) is 4.79 Å². The molecule has 0 fully saturated rings. The molecule has 3 nitrogen and oxygen atoms in total. The molecular weight excluding hydrogens is 142 g/mol. The first-order chi connectivity index (χ1) is 5.24. The molecule has 0 saturated heterocycles. The highest BCUT2D eigenvalue weighted by Crippen LogP contribution is 1.93. The standard InChI is InChI=1S/C8H15NO2/c1-4-7(9-6-3)11-8(10)5-2/h5,7,9H,2,4,6H2,1,3H3. The molecule has 0 aliphatic heterocycles. The zero-order valence-electron chi connectivity index (χ0n) is 7.09. The summed E-state index contributed by atoms with van der Waals surface area (Å²) in [6.07, 6.45) is 1.76. The second kappa shape index (κ2) is 5.92. The third-order valence-corrected chi connectivity index (χ3v) is 1.23. The van der Waals surface area contributed by atoms with Crippen LogP contribution in [0, 0.1) is 0 Å². The third kappa shape index (κ3) is 4.56. The molecule has 0 amide bonds. The van der Waals surface area contributed by atoms with Crippen LogP contribution in [0.2, 0.25) is 0 Å². The number of nitrogens with one attached hydrogen (secondary N) is 1. The monoisotopic (exact) mass is 157 g/mol. The van der Waals surface area contributed by atoms with Crippen molar-refractivity contribution in [3.8, 4) is 0 Å². The van der Waals surface area contributed by atoms with Crippen LogP contribution in [0.4, 0.5) is 0 Å². The first kappa shape index (κ1) is 10.2. The van der Waals surface area contributed by atoms with E-state index in [1.54, 1.807) is 0 Å². The Hall–Kier alpha value is -0.830. The van der Waals surface area contributed by atoms with Crippen LogP contribution >= 0.6 is 0 Å². The lowest BCUT2D eigenvalue weighted by atomic mass is 10.4. The molecule has 0 aliphatic carbocycles. The average Bonchev–Trinajstić information content (AvgIpc) is 2.03. The molecule has 0 spiro atoms. The van der Waals surface area contributed by atoms with E-state index in [2.05, 4.69) is 11.9 Å². The van der Waals surface area contributed by atoms with E-state index in [1.807, 2.05) is 13.8 Å². The zero-order chi connectivity index (χ0) is 8.69. The predicted octanol–water partition coefficient (Wildman–Crippen LogP) is 1.06. The summed E-state index contributed by atoms with van der Waals surface area (Å²) < 4.78 is 4.92. The van der Waals surface area contributed by atoms with E-state index < -0.39 is 0 Å². The van der Waals surface area contributed by atoms with E-state index in [9.17, 15) is 4.79 Å². The molecule has 0 radical (unpaired) electrons. The molecule has 0 heterocycles. The Morgan fingerprint density at radius 3 is 2.73 bits per heavy atom. The highest BCUT2D eigenvalue weighted by Gasteiger charge is 2.06. The summed E-state index contributed by atoms with van der Waals surface area (Å²) in [7, 11) is 0. The van der Waals surface area contributed by atoms with E-state index in [0.29, 0.717) is 0 Å². The van der Waals surface area contributed by atoms with Gasteiger partial charge in [-0.1, -0.05) is 20.4 Å². The summed E-state index contributed by atoms with van der Waals surface area (Å²) in [6.45, 7) is 8.01. The fraction of sp³-hybridized carbons (Fsp3) is 0.625. The van der Waals surface area contributed by atoms with Crippen molar-refractivity contribution in [1.29, 1.82) is 0 Å². The molecule has 11 heavy (non-hydrogen) atoms. The lowest BCUT2D eigenvalue weighted by molar-refractivity contribution is -0.144. The number of carbonyl (C=O) groups is 1. The molecule has 1 unspecified atom stereocenters. The van der Waals surface area contributed by atoms with Crippen LogP contribution in [0.1, 0.15) is 20.3 Å². The van der Waals surface area contributed by atoms with Crippen LogP contribution < -0.4 is 5.32 Å².